The van der Waals surface area contributed by atoms with Gasteiger partial charge in [0, 0.05) is 24.4 Å². The van der Waals surface area contributed by atoms with Crippen LogP contribution >= 0.6 is 0 Å². The van der Waals surface area contributed by atoms with Gasteiger partial charge in [0.1, 0.15) is 11.5 Å². The molecule has 0 saturated heterocycles. The Morgan fingerprint density at radius 3 is 2.76 bits per heavy atom. The second kappa shape index (κ2) is 6.47. The molecule has 0 saturated carbocycles. The molecule has 21 heavy (non-hydrogen) atoms. The maximum atomic E-state index is 12.1. The average molecular weight is 286 g/mol. The number of anilines is 2. The van der Waals surface area contributed by atoms with Crippen LogP contribution in [-0.2, 0) is 0 Å². The molecule has 1 amide bonds. The van der Waals surface area contributed by atoms with Gasteiger partial charge in [-0.3, -0.25) is 14.9 Å². The highest BCUT2D eigenvalue weighted by Crippen LogP contribution is 2.25. The summed E-state index contributed by atoms with van der Waals surface area (Å²) in [6.07, 6.45) is 1.56. The van der Waals surface area contributed by atoms with E-state index >= 15 is 0 Å². The van der Waals surface area contributed by atoms with Crippen LogP contribution in [0.15, 0.2) is 42.6 Å². The molecule has 2 aromatic rings. The van der Waals surface area contributed by atoms with E-state index < -0.39 is 4.92 Å². The van der Waals surface area contributed by atoms with Crippen molar-refractivity contribution in [2.75, 3.05) is 17.2 Å². The van der Waals surface area contributed by atoms with Gasteiger partial charge in [0.15, 0.2) is 0 Å². The van der Waals surface area contributed by atoms with Crippen molar-refractivity contribution in [1.29, 1.82) is 0 Å². The highest BCUT2D eigenvalue weighted by molar-refractivity contribution is 6.04. The van der Waals surface area contributed by atoms with Crippen LogP contribution in [0, 0.1) is 10.1 Å². The Morgan fingerprint density at radius 1 is 1.33 bits per heavy atom. The van der Waals surface area contributed by atoms with Gasteiger partial charge in [-0.2, -0.15) is 0 Å². The van der Waals surface area contributed by atoms with Crippen molar-refractivity contribution < 1.29 is 9.72 Å². The molecule has 0 spiro atoms. The number of nitro groups is 1. The first-order valence-electron chi connectivity index (χ1n) is 6.36. The molecule has 0 bridgehead atoms. The lowest BCUT2D eigenvalue weighted by Gasteiger charge is -2.08. The maximum Gasteiger partial charge on any atom is 0.292 e. The van der Waals surface area contributed by atoms with E-state index in [-0.39, 0.29) is 11.6 Å². The Hall–Kier alpha value is -2.96. The Kier molecular flexibility index (Phi) is 4.45. The molecule has 0 atom stereocenters. The van der Waals surface area contributed by atoms with Crippen molar-refractivity contribution in [1.82, 2.24) is 4.98 Å². The van der Waals surface area contributed by atoms with Gasteiger partial charge in [-0.15, -0.1) is 0 Å². The first kappa shape index (κ1) is 14.4. The summed E-state index contributed by atoms with van der Waals surface area (Å²) in [5.41, 5.74) is 0.574. The number of rotatable bonds is 5. The van der Waals surface area contributed by atoms with Crippen molar-refractivity contribution in [2.24, 2.45) is 0 Å². The molecular formula is C14H14N4O3. The monoisotopic (exact) mass is 286 g/mol. The van der Waals surface area contributed by atoms with Gasteiger partial charge in [-0.05, 0) is 31.2 Å². The fraction of sp³-hybridized carbons (Fsp3) is 0.143. The van der Waals surface area contributed by atoms with Gasteiger partial charge in [0.25, 0.3) is 11.6 Å². The molecule has 1 aromatic heterocycles. The Morgan fingerprint density at radius 2 is 2.14 bits per heavy atom. The zero-order valence-electron chi connectivity index (χ0n) is 11.4. The highest BCUT2D eigenvalue weighted by atomic mass is 16.6. The van der Waals surface area contributed by atoms with Crippen LogP contribution in [0.25, 0.3) is 0 Å². The van der Waals surface area contributed by atoms with Gasteiger partial charge in [0.05, 0.1) is 4.92 Å². The van der Waals surface area contributed by atoms with Crippen molar-refractivity contribution >= 4 is 23.1 Å². The van der Waals surface area contributed by atoms with E-state index in [1.54, 1.807) is 24.4 Å². The first-order valence-corrected chi connectivity index (χ1v) is 6.36. The fourth-order valence-corrected chi connectivity index (χ4v) is 1.79. The zero-order chi connectivity index (χ0) is 15.2. The molecule has 2 rings (SSSR count). The van der Waals surface area contributed by atoms with Crippen molar-refractivity contribution in [3.8, 4) is 0 Å². The van der Waals surface area contributed by atoms with E-state index in [1.165, 1.54) is 18.2 Å². The smallest absolute Gasteiger partial charge is 0.292 e. The lowest BCUT2D eigenvalue weighted by atomic mass is 10.1. The number of hydrogen-bond acceptors (Lipinski definition) is 5. The topological polar surface area (TPSA) is 97.2 Å². The Labute approximate surface area is 121 Å². The van der Waals surface area contributed by atoms with Crippen LogP contribution in [-0.4, -0.2) is 22.4 Å². The van der Waals surface area contributed by atoms with E-state index in [0.29, 0.717) is 23.6 Å². The second-order valence-electron chi connectivity index (χ2n) is 4.19. The number of amides is 1. The summed E-state index contributed by atoms with van der Waals surface area (Å²) >= 11 is 0. The van der Waals surface area contributed by atoms with Crippen molar-refractivity contribution in [2.45, 2.75) is 6.92 Å². The van der Waals surface area contributed by atoms with E-state index in [2.05, 4.69) is 15.6 Å². The lowest BCUT2D eigenvalue weighted by molar-refractivity contribution is -0.384. The molecule has 1 heterocycles. The summed E-state index contributed by atoms with van der Waals surface area (Å²) in [5, 5.41) is 16.4. The third-order valence-electron chi connectivity index (χ3n) is 2.73. The lowest BCUT2D eigenvalue weighted by Crippen LogP contribution is -2.13. The summed E-state index contributed by atoms with van der Waals surface area (Å²) < 4.78 is 0. The number of nitrogens with one attached hydrogen (secondary N) is 2. The molecule has 7 nitrogen and oxygen atoms in total. The van der Waals surface area contributed by atoms with Crippen LogP contribution in [0.3, 0.4) is 0 Å². The van der Waals surface area contributed by atoms with Crippen molar-refractivity contribution in [3.63, 3.8) is 0 Å². The summed E-state index contributed by atoms with van der Waals surface area (Å²) in [5.74, 6) is 0.0496. The van der Waals surface area contributed by atoms with Crippen LogP contribution < -0.4 is 10.6 Å². The summed E-state index contributed by atoms with van der Waals surface area (Å²) in [6, 6.07) is 9.34. The fourth-order valence-electron chi connectivity index (χ4n) is 1.79. The van der Waals surface area contributed by atoms with Crippen LogP contribution in [0.1, 0.15) is 17.3 Å². The number of nitro benzene ring substituents is 1. The third-order valence-corrected chi connectivity index (χ3v) is 2.73. The minimum Gasteiger partial charge on any atom is -0.380 e. The van der Waals surface area contributed by atoms with Crippen LogP contribution in [0.4, 0.5) is 17.2 Å². The molecule has 0 fully saturated rings. The largest absolute Gasteiger partial charge is 0.380 e. The molecule has 0 aliphatic heterocycles. The molecule has 0 aliphatic rings. The summed E-state index contributed by atoms with van der Waals surface area (Å²) in [6.45, 7) is 2.34. The quantitative estimate of drug-likeness (QED) is 0.650. The van der Waals surface area contributed by atoms with Gasteiger partial charge in [-0.25, -0.2) is 4.98 Å². The van der Waals surface area contributed by atoms with Crippen LogP contribution in [0.2, 0.25) is 0 Å². The van der Waals surface area contributed by atoms with E-state index in [4.69, 9.17) is 0 Å². The predicted molar refractivity (Wildman–Crippen MR) is 79.5 cm³/mol. The molecule has 0 radical (unpaired) electrons. The van der Waals surface area contributed by atoms with Gasteiger partial charge < -0.3 is 10.6 Å². The minimum atomic E-state index is -0.488. The van der Waals surface area contributed by atoms with Gasteiger partial charge >= 0.3 is 0 Å². The molecule has 7 heteroatoms. The molecule has 108 valence electrons. The average Bonchev–Trinajstić information content (AvgIpc) is 2.48. The van der Waals surface area contributed by atoms with Gasteiger partial charge in [-0.1, -0.05) is 6.07 Å². The second-order valence-corrected chi connectivity index (χ2v) is 4.19. The maximum absolute atomic E-state index is 12.1. The highest BCUT2D eigenvalue weighted by Gasteiger charge is 2.16. The number of hydrogen-bond donors (Lipinski definition) is 2. The molecule has 0 aliphatic carbocycles. The number of nitrogens with zero attached hydrogens (tertiary/aromatic N) is 2. The Balaban J connectivity index is 2.25. The van der Waals surface area contributed by atoms with Crippen molar-refractivity contribution in [3.05, 3.63) is 58.3 Å². The number of benzene rings is 1. The minimum absolute atomic E-state index is 0.0637. The van der Waals surface area contributed by atoms with Gasteiger partial charge in [0.2, 0.25) is 0 Å². The van der Waals surface area contributed by atoms with E-state index in [0.717, 1.165) is 0 Å². The van der Waals surface area contributed by atoms with E-state index in [1.807, 2.05) is 6.92 Å². The third kappa shape index (κ3) is 3.53. The molecule has 1 aromatic carbocycles. The Bertz CT molecular complexity index is 659. The standard InChI is InChI=1S/C14H14N4O3/c1-2-15-11-9-10(6-7-12(11)18(20)21)14(19)17-13-5-3-4-8-16-13/h3-9,15H,2H2,1H3,(H,16,17,19). The number of carbonyl (C=O) groups excluding carboxylic acids is 1. The number of aromatic nitrogens is 1. The van der Waals surface area contributed by atoms with E-state index in [9.17, 15) is 14.9 Å². The molecule has 0 unspecified atom stereocenters. The SMILES string of the molecule is CCNc1cc(C(=O)Nc2ccccn2)ccc1[N+](=O)[O-]. The normalized spacial score (nSPS) is 9.95. The molecular weight excluding hydrogens is 272 g/mol. The summed E-state index contributed by atoms with van der Waals surface area (Å²) in [7, 11) is 0. The first-order chi connectivity index (χ1) is 10.1. The summed E-state index contributed by atoms with van der Waals surface area (Å²) in [4.78, 5) is 26.5. The number of pyridine rings is 1. The zero-order valence-corrected chi connectivity index (χ0v) is 11.4. The predicted octanol–water partition coefficient (Wildman–Crippen LogP) is 2.67. The van der Waals surface area contributed by atoms with Crippen LogP contribution in [0.5, 0.6) is 0 Å². The number of carbonyl (C=O) groups is 1. The molecule has 2 N–H and O–H groups in total.